The second-order valence-electron chi connectivity index (χ2n) is 5.36. The molecule has 0 spiro atoms. The molecule has 0 bridgehead atoms. The van der Waals surface area contributed by atoms with Crippen LogP contribution in [0.15, 0.2) is 24.3 Å². The molecule has 1 saturated heterocycles. The van der Waals surface area contributed by atoms with Gasteiger partial charge in [-0.05, 0) is 49.6 Å². The van der Waals surface area contributed by atoms with E-state index in [1.165, 1.54) is 0 Å². The van der Waals surface area contributed by atoms with Crippen molar-refractivity contribution < 1.29 is 9.59 Å². The van der Waals surface area contributed by atoms with Gasteiger partial charge in [0, 0.05) is 11.4 Å². The van der Waals surface area contributed by atoms with Gasteiger partial charge in [0.05, 0.1) is 6.04 Å². The van der Waals surface area contributed by atoms with Crippen molar-refractivity contribution in [1.82, 2.24) is 5.32 Å². The summed E-state index contributed by atoms with van der Waals surface area (Å²) < 4.78 is 0. The zero-order valence-electron chi connectivity index (χ0n) is 12.2. The number of primary amides is 1. The first kappa shape index (κ1) is 15.3. The molecule has 1 aromatic rings. The first-order valence-electron chi connectivity index (χ1n) is 7.29. The standard InChI is InChI=1S/C15H22N4O2/c1-2-10-7-8-17-13(9-10)14(20)18-11-3-5-12(6-4-11)19-15(16)21/h3-6,10,13,17H,2,7-9H2,1H3,(H,18,20)(H3,16,19,21). The number of carbonyl (C=O) groups excluding carboxylic acids is 2. The van der Waals surface area contributed by atoms with Crippen LogP contribution in [0.3, 0.4) is 0 Å². The van der Waals surface area contributed by atoms with E-state index in [0.29, 0.717) is 17.3 Å². The maximum absolute atomic E-state index is 12.2. The Morgan fingerprint density at radius 1 is 1.24 bits per heavy atom. The van der Waals surface area contributed by atoms with Crippen molar-refractivity contribution in [3.05, 3.63) is 24.3 Å². The number of nitrogens with two attached hydrogens (primary N) is 1. The number of benzene rings is 1. The summed E-state index contributed by atoms with van der Waals surface area (Å²) in [5.41, 5.74) is 6.34. The average Bonchev–Trinajstić information content (AvgIpc) is 2.49. The summed E-state index contributed by atoms with van der Waals surface area (Å²) in [6.45, 7) is 3.05. The number of nitrogens with one attached hydrogen (secondary N) is 3. The van der Waals surface area contributed by atoms with Crippen LogP contribution in [0.5, 0.6) is 0 Å². The average molecular weight is 290 g/mol. The highest BCUT2D eigenvalue weighted by atomic mass is 16.2. The maximum atomic E-state index is 12.2. The van der Waals surface area contributed by atoms with Gasteiger partial charge in [-0.3, -0.25) is 4.79 Å². The largest absolute Gasteiger partial charge is 0.351 e. The fourth-order valence-corrected chi connectivity index (χ4v) is 2.58. The Bertz CT molecular complexity index is 501. The minimum atomic E-state index is -0.608. The van der Waals surface area contributed by atoms with Gasteiger partial charge in [-0.2, -0.15) is 0 Å². The minimum absolute atomic E-state index is 0.0104. The molecule has 0 aromatic heterocycles. The monoisotopic (exact) mass is 290 g/mol. The normalized spacial score (nSPS) is 21.6. The molecular formula is C15H22N4O2. The Labute approximate surface area is 124 Å². The quantitative estimate of drug-likeness (QED) is 0.682. The van der Waals surface area contributed by atoms with Gasteiger partial charge in [-0.15, -0.1) is 0 Å². The predicted octanol–water partition coefficient (Wildman–Crippen LogP) is 1.89. The molecule has 6 nitrogen and oxygen atoms in total. The fraction of sp³-hybridized carbons (Fsp3) is 0.467. The van der Waals surface area contributed by atoms with E-state index in [1.807, 2.05) is 0 Å². The molecule has 5 N–H and O–H groups in total. The molecule has 1 aromatic carbocycles. The van der Waals surface area contributed by atoms with Crippen molar-refractivity contribution in [3.63, 3.8) is 0 Å². The van der Waals surface area contributed by atoms with Crippen molar-refractivity contribution in [2.24, 2.45) is 11.7 Å². The molecule has 6 heteroatoms. The number of carbonyl (C=O) groups is 2. The lowest BCUT2D eigenvalue weighted by Crippen LogP contribution is -2.46. The summed E-state index contributed by atoms with van der Waals surface area (Å²) >= 11 is 0. The highest BCUT2D eigenvalue weighted by Crippen LogP contribution is 2.20. The maximum Gasteiger partial charge on any atom is 0.316 e. The fourth-order valence-electron chi connectivity index (χ4n) is 2.58. The third-order valence-electron chi connectivity index (χ3n) is 3.83. The van der Waals surface area contributed by atoms with E-state index >= 15 is 0 Å². The van der Waals surface area contributed by atoms with Crippen LogP contribution in [0.25, 0.3) is 0 Å². The van der Waals surface area contributed by atoms with Crippen LogP contribution in [0.1, 0.15) is 26.2 Å². The van der Waals surface area contributed by atoms with Gasteiger partial charge < -0.3 is 21.7 Å². The lowest BCUT2D eigenvalue weighted by molar-refractivity contribution is -0.119. The Hall–Kier alpha value is -2.08. The Morgan fingerprint density at radius 2 is 1.86 bits per heavy atom. The molecule has 1 heterocycles. The van der Waals surface area contributed by atoms with E-state index in [-0.39, 0.29) is 11.9 Å². The van der Waals surface area contributed by atoms with Crippen molar-refractivity contribution >= 4 is 23.3 Å². The van der Waals surface area contributed by atoms with Crippen molar-refractivity contribution in [2.75, 3.05) is 17.2 Å². The predicted molar refractivity (Wildman–Crippen MR) is 83.1 cm³/mol. The van der Waals surface area contributed by atoms with Crippen LogP contribution in [0.4, 0.5) is 16.2 Å². The zero-order chi connectivity index (χ0) is 15.2. The van der Waals surface area contributed by atoms with Crippen molar-refractivity contribution in [2.45, 2.75) is 32.2 Å². The van der Waals surface area contributed by atoms with Crippen LogP contribution in [0.2, 0.25) is 0 Å². The highest BCUT2D eigenvalue weighted by molar-refractivity contribution is 5.95. The molecule has 3 amide bonds. The van der Waals surface area contributed by atoms with Crippen LogP contribution < -0.4 is 21.7 Å². The molecule has 2 rings (SSSR count). The smallest absolute Gasteiger partial charge is 0.316 e. The molecule has 114 valence electrons. The van der Waals surface area contributed by atoms with Crippen LogP contribution in [-0.2, 0) is 4.79 Å². The summed E-state index contributed by atoms with van der Waals surface area (Å²) in [4.78, 5) is 23.0. The van der Waals surface area contributed by atoms with Gasteiger partial charge >= 0.3 is 6.03 Å². The number of piperidine rings is 1. The Balaban J connectivity index is 1.91. The number of hydrogen-bond donors (Lipinski definition) is 4. The summed E-state index contributed by atoms with van der Waals surface area (Å²) in [7, 11) is 0. The summed E-state index contributed by atoms with van der Waals surface area (Å²) in [6.07, 6.45) is 3.12. The third-order valence-corrected chi connectivity index (χ3v) is 3.83. The number of anilines is 2. The zero-order valence-corrected chi connectivity index (χ0v) is 12.2. The third kappa shape index (κ3) is 4.46. The van der Waals surface area contributed by atoms with Crippen LogP contribution in [-0.4, -0.2) is 24.5 Å². The molecule has 2 atom stereocenters. The van der Waals surface area contributed by atoms with Crippen molar-refractivity contribution in [1.29, 1.82) is 0 Å². The molecule has 0 radical (unpaired) electrons. The van der Waals surface area contributed by atoms with E-state index in [9.17, 15) is 9.59 Å². The van der Waals surface area contributed by atoms with E-state index in [1.54, 1.807) is 24.3 Å². The molecule has 1 fully saturated rings. The van der Waals surface area contributed by atoms with E-state index in [0.717, 1.165) is 25.8 Å². The molecule has 0 aliphatic carbocycles. The molecule has 2 unspecified atom stereocenters. The molecule has 21 heavy (non-hydrogen) atoms. The van der Waals surface area contributed by atoms with Crippen molar-refractivity contribution in [3.8, 4) is 0 Å². The lowest BCUT2D eigenvalue weighted by atomic mass is 9.90. The van der Waals surface area contributed by atoms with Gasteiger partial charge in [-0.25, -0.2) is 4.79 Å². The van der Waals surface area contributed by atoms with E-state index < -0.39 is 6.03 Å². The number of urea groups is 1. The summed E-state index contributed by atoms with van der Waals surface area (Å²) in [5.74, 6) is 0.605. The van der Waals surface area contributed by atoms with Gasteiger partial charge in [0.25, 0.3) is 0 Å². The van der Waals surface area contributed by atoms with Gasteiger partial charge in [0.1, 0.15) is 0 Å². The number of hydrogen-bond acceptors (Lipinski definition) is 3. The highest BCUT2D eigenvalue weighted by Gasteiger charge is 2.25. The summed E-state index contributed by atoms with van der Waals surface area (Å²) in [6, 6.07) is 6.13. The second kappa shape index (κ2) is 7.08. The minimum Gasteiger partial charge on any atom is -0.351 e. The van der Waals surface area contributed by atoms with Crippen LogP contribution >= 0.6 is 0 Å². The van der Waals surface area contributed by atoms with E-state index in [4.69, 9.17) is 5.73 Å². The number of rotatable bonds is 4. The lowest BCUT2D eigenvalue weighted by Gasteiger charge is -2.28. The molecule has 0 saturated carbocycles. The molecular weight excluding hydrogens is 268 g/mol. The molecule has 1 aliphatic rings. The van der Waals surface area contributed by atoms with Gasteiger partial charge in [-0.1, -0.05) is 13.3 Å². The summed E-state index contributed by atoms with van der Waals surface area (Å²) in [5, 5.41) is 8.62. The number of amides is 3. The van der Waals surface area contributed by atoms with Gasteiger partial charge in [0.15, 0.2) is 0 Å². The topological polar surface area (TPSA) is 96.2 Å². The molecule has 1 aliphatic heterocycles. The van der Waals surface area contributed by atoms with Gasteiger partial charge in [0.2, 0.25) is 5.91 Å². The SMILES string of the molecule is CCC1CCNC(C(=O)Nc2ccc(NC(N)=O)cc2)C1. The Kier molecular flexibility index (Phi) is 5.16. The van der Waals surface area contributed by atoms with E-state index in [2.05, 4.69) is 22.9 Å². The van der Waals surface area contributed by atoms with Crippen LogP contribution in [0, 0.1) is 5.92 Å². The first-order chi connectivity index (χ1) is 10.1. The second-order valence-corrected chi connectivity index (χ2v) is 5.36. The Morgan fingerprint density at radius 3 is 2.43 bits per heavy atom. The first-order valence-corrected chi connectivity index (χ1v) is 7.29.